The van der Waals surface area contributed by atoms with E-state index in [1.54, 1.807) is 0 Å². The fourth-order valence-corrected chi connectivity index (χ4v) is 1.34. The molecule has 0 rings (SSSR count). The summed E-state index contributed by atoms with van der Waals surface area (Å²) in [5.74, 6) is 0. The molecule has 0 radical (unpaired) electrons. The quantitative estimate of drug-likeness (QED) is 0.449. The van der Waals surface area contributed by atoms with Gasteiger partial charge in [0.1, 0.15) is 0 Å². The van der Waals surface area contributed by atoms with Crippen LogP contribution in [0.5, 0.6) is 0 Å². The Balaban J connectivity index is -0.0000000213. The first-order chi connectivity index (χ1) is 4.24. The smallest absolute Gasteiger partial charge is 0.0757 e. The summed E-state index contributed by atoms with van der Waals surface area (Å²) in [5.41, 5.74) is 0. The third-order valence-corrected chi connectivity index (χ3v) is 2.68. The van der Waals surface area contributed by atoms with Gasteiger partial charge in [0, 0.05) is 0 Å². The summed E-state index contributed by atoms with van der Waals surface area (Å²) in [6.07, 6.45) is 0. The van der Waals surface area contributed by atoms with E-state index in [0.717, 1.165) is 0 Å². The second-order valence-electron chi connectivity index (χ2n) is 2.61. The zero-order chi connectivity index (χ0) is 7.33. The van der Waals surface area contributed by atoms with E-state index in [9.17, 15) is 0 Å². The molecule has 0 spiro atoms. The van der Waals surface area contributed by atoms with E-state index in [4.69, 9.17) is 0 Å². The highest BCUT2D eigenvalue weighted by Gasteiger charge is 2.16. The number of nitrogens with zero attached hydrogens (tertiary/aromatic N) is 1. The standard InChI is InChI=1S/C8H20N.6H2O/c1-5-9(6-2,7-3)8-4;;;;;;/h5-8H2,1-4H3;6*1H2/q+1;;;;;;. The van der Waals surface area contributed by atoms with Crippen molar-refractivity contribution in [2.75, 3.05) is 26.2 Å². The Morgan fingerprint density at radius 1 is 0.467 bits per heavy atom. The molecule has 0 unspecified atom stereocenters. The maximum absolute atomic E-state index is 2.27. The number of quaternary nitrogens is 1. The first kappa shape index (κ1) is 46.5. The Hall–Kier alpha value is -0.280. The zero-order valence-corrected chi connectivity index (χ0v) is 10.3. The lowest BCUT2D eigenvalue weighted by atomic mass is 10.3. The van der Waals surface area contributed by atoms with Crippen LogP contribution < -0.4 is 0 Å². The minimum absolute atomic E-state index is 0. The third kappa shape index (κ3) is 13.7. The summed E-state index contributed by atoms with van der Waals surface area (Å²) >= 11 is 0. The predicted octanol–water partition coefficient (Wildman–Crippen LogP) is -3.07. The normalized spacial score (nSPS) is 7.20. The topological polar surface area (TPSA) is 189 Å². The fraction of sp³-hybridized carbons (Fsp3) is 1.00. The number of hydrogen-bond donors (Lipinski definition) is 0. The van der Waals surface area contributed by atoms with Crippen LogP contribution in [0.4, 0.5) is 0 Å². The molecule has 0 saturated heterocycles. The summed E-state index contributed by atoms with van der Waals surface area (Å²) in [6, 6.07) is 0. The first-order valence-corrected chi connectivity index (χ1v) is 4.09. The van der Waals surface area contributed by atoms with Crippen LogP contribution in [0.2, 0.25) is 0 Å². The minimum Gasteiger partial charge on any atom is -0.412 e. The van der Waals surface area contributed by atoms with Gasteiger partial charge in [0.2, 0.25) is 0 Å². The molecule has 0 aliphatic heterocycles. The second kappa shape index (κ2) is 23.5. The lowest BCUT2D eigenvalue weighted by Gasteiger charge is -2.34. The molecule has 7 nitrogen and oxygen atoms in total. The molecule has 0 heterocycles. The molecule has 7 heteroatoms. The maximum Gasteiger partial charge on any atom is 0.0757 e. The van der Waals surface area contributed by atoms with E-state index in [1.807, 2.05) is 0 Å². The van der Waals surface area contributed by atoms with Gasteiger partial charge in [0.25, 0.3) is 0 Å². The molecule has 104 valence electrons. The average Bonchev–Trinajstić information content (AvgIpc) is 1.95. The maximum atomic E-state index is 2.27. The number of hydrogen-bond acceptors (Lipinski definition) is 0. The van der Waals surface area contributed by atoms with Crippen molar-refractivity contribution in [3.05, 3.63) is 0 Å². The van der Waals surface area contributed by atoms with Crippen LogP contribution in [-0.4, -0.2) is 63.5 Å². The van der Waals surface area contributed by atoms with Crippen molar-refractivity contribution in [1.29, 1.82) is 0 Å². The van der Waals surface area contributed by atoms with Gasteiger partial charge in [-0.25, -0.2) is 0 Å². The molecule has 0 bridgehead atoms. The van der Waals surface area contributed by atoms with Crippen molar-refractivity contribution in [3.63, 3.8) is 0 Å². The monoisotopic (exact) mass is 238 g/mol. The molecule has 0 aromatic carbocycles. The Bertz CT molecular complexity index is 62.0. The van der Waals surface area contributed by atoms with Crippen molar-refractivity contribution in [2.45, 2.75) is 27.7 Å². The molecular weight excluding hydrogens is 206 g/mol. The van der Waals surface area contributed by atoms with Crippen LogP contribution in [0.15, 0.2) is 0 Å². The molecule has 0 aromatic heterocycles. The highest BCUT2D eigenvalue weighted by atomic mass is 16.0. The van der Waals surface area contributed by atoms with Crippen LogP contribution in [0.1, 0.15) is 27.7 Å². The largest absolute Gasteiger partial charge is 0.412 e. The molecule has 0 aromatic rings. The predicted molar refractivity (Wildman–Crippen MR) is 64.1 cm³/mol. The van der Waals surface area contributed by atoms with Gasteiger partial charge in [0.15, 0.2) is 0 Å². The lowest BCUT2D eigenvalue weighted by Crippen LogP contribution is -2.47. The van der Waals surface area contributed by atoms with E-state index in [-0.39, 0.29) is 32.9 Å². The molecule has 0 amide bonds. The van der Waals surface area contributed by atoms with Crippen LogP contribution in [0, 0.1) is 0 Å². The third-order valence-electron chi connectivity index (χ3n) is 2.68. The molecule has 0 aliphatic rings. The molecule has 0 saturated carbocycles. The molecule has 0 atom stereocenters. The highest BCUT2D eigenvalue weighted by Crippen LogP contribution is 2.03. The minimum atomic E-state index is 0. The van der Waals surface area contributed by atoms with E-state index in [1.165, 1.54) is 30.7 Å². The summed E-state index contributed by atoms with van der Waals surface area (Å²) in [5, 5.41) is 0. The van der Waals surface area contributed by atoms with Crippen molar-refractivity contribution in [3.8, 4) is 0 Å². The zero-order valence-electron chi connectivity index (χ0n) is 10.3. The molecule has 0 fully saturated rings. The second-order valence-corrected chi connectivity index (χ2v) is 2.61. The first-order valence-electron chi connectivity index (χ1n) is 4.09. The van der Waals surface area contributed by atoms with Gasteiger partial charge in [0.05, 0.1) is 26.2 Å². The number of rotatable bonds is 4. The van der Waals surface area contributed by atoms with Crippen LogP contribution in [-0.2, 0) is 0 Å². The Labute approximate surface area is 92.1 Å². The Morgan fingerprint density at radius 2 is 0.600 bits per heavy atom. The Kier molecular flexibility index (Phi) is 72.8. The summed E-state index contributed by atoms with van der Waals surface area (Å²) in [7, 11) is 0. The van der Waals surface area contributed by atoms with Gasteiger partial charge < -0.3 is 37.3 Å². The van der Waals surface area contributed by atoms with Crippen LogP contribution >= 0.6 is 0 Å². The van der Waals surface area contributed by atoms with Gasteiger partial charge in [-0.3, -0.25) is 0 Å². The fourth-order valence-electron chi connectivity index (χ4n) is 1.34. The van der Waals surface area contributed by atoms with E-state index in [0.29, 0.717) is 0 Å². The van der Waals surface area contributed by atoms with Crippen LogP contribution in [0.3, 0.4) is 0 Å². The SMILES string of the molecule is CC[N+](CC)(CC)CC.O.O.O.O.O.O. The van der Waals surface area contributed by atoms with E-state index >= 15 is 0 Å². The summed E-state index contributed by atoms with van der Waals surface area (Å²) in [6.45, 7) is 14.2. The molecule has 15 heavy (non-hydrogen) atoms. The molecule has 0 aliphatic carbocycles. The van der Waals surface area contributed by atoms with Gasteiger partial charge in [-0.1, -0.05) is 0 Å². The van der Waals surface area contributed by atoms with Crippen molar-refractivity contribution < 1.29 is 37.3 Å². The van der Waals surface area contributed by atoms with E-state index in [2.05, 4.69) is 27.7 Å². The lowest BCUT2D eigenvalue weighted by molar-refractivity contribution is -0.921. The van der Waals surface area contributed by atoms with Crippen molar-refractivity contribution >= 4 is 0 Å². The van der Waals surface area contributed by atoms with Gasteiger partial charge in [-0.2, -0.15) is 0 Å². The highest BCUT2D eigenvalue weighted by molar-refractivity contribution is 4.31. The summed E-state index contributed by atoms with van der Waals surface area (Å²) in [4.78, 5) is 0. The van der Waals surface area contributed by atoms with Crippen molar-refractivity contribution in [1.82, 2.24) is 0 Å². The average molecular weight is 238 g/mol. The van der Waals surface area contributed by atoms with E-state index < -0.39 is 0 Å². The van der Waals surface area contributed by atoms with Crippen molar-refractivity contribution in [2.24, 2.45) is 0 Å². The van der Waals surface area contributed by atoms with Crippen LogP contribution in [0.25, 0.3) is 0 Å². The molecular formula is C8H32NO6+. The summed E-state index contributed by atoms with van der Waals surface area (Å²) < 4.78 is 1.28. The van der Waals surface area contributed by atoms with Gasteiger partial charge in [-0.15, -0.1) is 0 Å². The molecule has 12 N–H and O–H groups in total. The van der Waals surface area contributed by atoms with Gasteiger partial charge in [-0.05, 0) is 27.7 Å². The Morgan fingerprint density at radius 3 is 0.600 bits per heavy atom. The van der Waals surface area contributed by atoms with Gasteiger partial charge >= 0.3 is 0 Å².